The van der Waals surface area contributed by atoms with E-state index >= 15 is 0 Å². The standard InChI is InChI=1S/C7H14S3.Na/c1-2-3-4-5-6-10-7(8)9;/h2-6H2,1H3,(H,8,9);/q;+1/p-1. The van der Waals surface area contributed by atoms with Crippen LogP contribution >= 0.6 is 24.0 Å². The van der Waals surface area contributed by atoms with Crippen LogP contribution in [-0.2, 0) is 12.6 Å². The molecule has 0 aromatic carbocycles. The van der Waals surface area contributed by atoms with Crippen molar-refractivity contribution in [3.05, 3.63) is 0 Å². The van der Waals surface area contributed by atoms with Gasteiger partial charge in [0.1, 0.15) is 0 Å². The Bertz CT molecular complexity index is 95.7. The van der Waals surface area contributed by atoms with Crippen molar-refractivity contribution in [3.63, 3.8) is 0 Å². The largest absolute Gasteiger partial charge is 1.00 e. The molecule has 0 fully saturated rings. The maximum absolute atomic E-state index is 4.75. The molecular formula is C7H13NaS3. The second-order valence-electron chi connectivity index (χ2n) is 2.16. The number of thioether (sulfide) groups is 1. The summed E-state index contributed by atoms with van der Waals surface area (Å²) < 4.78 is 0.663. The molecule has 11 heavy (non-hydrogen) atoms. The van der Waals surface area contributed by atoms with Crippen LogP contribution in [0.15, 0.2) is 0 Å². The van der Waals surface area contributed by atoms with E-state index < -0.39 is 0 Å². The Kier molecular flexibility index (Phi) is 16.1. The van der Waals surface area contributed by atoms with Gasteiger partial charge in [0, 0.05) is 0 Å². The number of rotatable bonds is 5. The minimum absolute atomic E-state index is 0. The topological polar surface area (TPSA) is 0 Å². The molecule has 0 saturated heterocycles. The van der Waals surface area contributed by atoms with E-state index in [0.29, 0.717) is 3.53 Å². The summed E-state index contributed by atoms with van der Waals surface area (Å²) in [6, 6.07) is 0. The maximum atomic E-state index is 4.75. The van der Waals surface area contributed by atoms with E-state index in [1.165, 1.54) is 25.7 Å². The van der Waals surface area contributed by atoms with Crippen molar-refractivity contribution in [2.24, 2.45) is 0 Å². The molecule has 0 N–H and O–H groups in total. The van der Waals surface area contributed by atoms with Crippen LogP contribution in [0.1, 0.15) is 32.6 Å². The molecule has 0 aromatic heterocycles. The number of unbranched alkanes of at least 4 members (excludes halogenated alkanes) is 3. The van der Waals surface area contributed by atoms with Gasteiger partial charge in [-0.05, 0) is 12.2 Å². The average Bonchev–Trinajstić information content (AvgIpc) is 1.87. The Hall–Kier alpha value is 1.66. The first kappa shape index (κ1) is 15.1. The molecule has 0 aliphatic heterocycles. The maximum Gasteiger partial charge on any atom is 1.00 e. The molecule has 0 saturated carbocycles. The third-order valence-corrected chi connectivity index (χ3v) is 2.65. The van der Waals surface area contributed by atoms with Crippen LogP contribution in [0.5, 0.6) is 0 Å². The van der Waals surface area contributed by atoms with Gasteiger partial charge < -0.3 is 24.8 Å². The van der Waals surface area contributed by atoms with Crippen molar-refractivity contribution >= 4 is 40.1 Å². The van der Waals surface area contributed by atoms with Crippen molar-refractivity contribution in [2.75, 3.05) is 5.75 Å². The molecule has 0 spiro atoms. The average molecular weight is 216 g/mol. The fraction of sp³-hybridized carbons (Fsp3) is 0.857. The minimum Gasteiger partial charge on any atom is -0.422 e. The first-order valence-corrected chi connectivity index (χ1v) is 5.41. The molecule has 0 rings (SSSR count). The Morgan fingerprint density at radius 1 is 1.36 bits per heavy atom. The molecule has 0 aromatic rings. The van der Waals surface area contributed by atoms with Gasteiger partial charge in [0.05, 0.1) is 0 Å². The first-order chi connectivity index (χ1) is 4.77. The minimum atomic E-state index is 0. The van der Waals surface area contributed by atoms with Gasteiger partial charge in [0.2, 0.25) is 0 Å². The zero-order valence-electron chi connectivity index (χ0n) is 7.26. The predicted octanol–water partition coefficient (Wildman–Crippen LogP) is 0.136. The Morgan fingerprint density at radius 3 is 2.45 bits per heavy atom. The van der Waals surface area contributed by atoms with Crippen LogP contribution in [-0.4, -0.2) is 9.28 Å². The van der Waals surface area contributed by atoms with Crippen molar-refractivity contribution in [2.45, 2.75) is 32.6 Å². The third kappa shape index (κ3) is 14.5. The van der Waals surface area contributed by atoms with Crippen LogP contribution in [0.3, 0.4) is 0 Å². The number of thiocarbonyl (C=S) groups is 1. The third-order valence-electron chi connectivity index (χ3n) is 1.22. The summed E-state index contributed by atoms with van der Waals surface area (Å²) in [5, 5.41) is 0. The van der Waals surface area contributed by atoms with Crippen LogP contribution in [0.2, 0.25) is 0 Å². The summed E-state index contributed by atoms with van der Waals surface area (Å²) in [6.45, 7) is 2.21. The van der Waals surface area contributed by atoms with Gasteiger partial charge in [-0.25, -0.2) is 0 Å². The quantitative estimate of drug-likeness (QED) is 0.278. The van der Waals surface area contributed by atoms with Gasteiger partial charge in [-0.15, -0.1) is 11.8 Å². The number of hydrogen-bond acceptors (Lipinski definition) is 3. The smallest absolute Gasteiger partial charge is 0.422 e. The molecule has 0 atom stereocenters. The SMILES string of the molecule is CCCCCCSC(=S)[S-].[Na+]. The summed E-state index contributed by atoms with van der Waals surface area (Å²) in [4.78, 5) is 0. The molecular weight excluding hydrogens is 203 g/mol. The van der Waals surface area contributed by atoms with E-state index in [2.05, 4.69) is 6.92 Å². The van der Waals surface area contributed by atoms with Gasteiger partial charge in [-0.2, -0.15) is 0 Å². The van der Waals surface area contributed by atoms with Crippen molar-refractivity contribution < 1.29 is 29.6 Å². The summed E-state index contributed by atoms with van der Waals surface area (Å²) in [5.74, 6) is 1.11. The van der Waals surface area contributed by atoms with E-state index in [1.807, 2.05) is 0 Å². The molecule has 0 amide bonds. The second kappa shape index (κ2) is 11.7. The molecule has 60 valence electrons. The monoisotopic (exact) mass is 216 g/mol. The summed E-state index contributed by atoms with van der Waals surface area (Å²) in [7, 11) is 0. The second-order valence-corrected chi connectivity index (χ2v) is 4.86. The first-order valence-electron chi connectivity index (χ1n) is 3.61. The molecule has 0 unspecified atom stereocenters. The molecule has 0 aliphatic carbocycles. The van der Waals surface area contributed by atoms with Gasteiger partial charge in [0.15, 0.2) is 0 Å². The molecule has 4 heteroatoms. The molecule has 0 radical (unpaired) electrons. The molecule has 0 aliphatic rings. The van der Waals surface area contributed by atoms with E-state index in [0.717, 1.165) is 5.75 Å². The Morgan fingerprint density at radius 2 is 2.00 bits per heavy atom. The molecule has 0 nitrogen and oxygen atoms in total. The number of hydrogen-bond donors (Lipinski definition) is 0. The Labute approximate surface area is 107 Å². The van der Waals surface area contributed by atoms with Crippen molar-refractivity contribution in [1.29, 1.82) is 0 Å². The van der Waals surface area contributed by atoms with E-state index in [1.54, 1.807) is 11.8 Å². The van der Waals surface area contributed by atoms with Crippen LogP contribution in [0, 0.1) is 0 Å². The van der Waals surface area contributed by atoms with E-state index in [4.69, 9.17) is 24.8 Å². The normalized spacial score (nSPS) is 8.82. The zero-order chi connectivity index (χ0) is 7.82. The van der Waals surface area contributed by atoms with Crippen LogP contribution in [0.4, 0.5) is 0 Å². The summed E-state index contributed by atoms with van der Waals surface area (Å²) in [5.41, 5.74) is 0. The van der Waals surface area contributed by atoms with Crippen LogP contribution < -0.4 is 29.6 Å². The van der Waals surface area contributed by atoms with Gasteiger partial charge in [-0.3, -0.25) is 0 Å². The summed E-state index contributed by atoms with van der Waals surface area (Å²) in [6.07, 6.45) is 5.21. The van der Waals surface area contributed by atoms with Crippen molar-refractivity contribution in [1.82, 2.24) is 0 Å². The molecule has 0 heterocycles. The van der Waals surface area contributed by atoms with Gasteiger partial charge in [0.25, 0.3) is 0 Å². The predicted molar refractivity (Wildman–Crippen MR) is 56.6 cm³/mol. The fourth-order valence-corrected chi connectivity index (χ4v) is 1.70. The zero-order valence-corrected chi connectivity index (χ0v) is 11.7. The molecule has 0 bridgehead atoms. The van der Waals surface area contributed by atoms with E-state index in [-0.39, 0.29) is 29.6 Å². The van der Waals surface area contributed by atoms with Crippen molar-refractivity contribution in [3.8, 4) is 0 Å². The van der Waals surface area contributed by atoms with Gasteiger partial charge in [-0.1, -0.05) is 29.7 Å². The van der Waals surface area contributed by atoms with Gasteiger partial charge >= 0.3 is 29.6 Å². The van der Waals surface area contributed by atoms with E-state index in [9.17, 15) is 0 Å². The summed E-state index contributed by atoms with van der Waals surface area (Å²) >= 11 is 11.1. The fourth-order valence-electron chi connectivity index (χ4n) is 0.684. The van der Waals surface area contributed by atoms with Crippen LogP contribution in [0.25, 0.3) is 0 Å². The Balaban J connectivity index is 0.